The van der Waals surface area contributed by atoms with Crippen molar-refractivity contribution in [1.29, 1.82) is 0 Å². The van der Waals surface area contributed by atoms with Gasteiger partial charge in [0.25, 0.3) is 0 Å². The van der Waals surface area contributed by atoms with E-state index >= 15 is 0 Å². The lowest BCUT2D eigenvalue weighted by Crippen LogP contribution is -2.18. The van der Waals surface area contributed by atoms with Crippen LogP contribution in [0.5, 0.6) is 0 Å². The van der Waals surface area contributed by atoms with Gasteiger partial charge in [0.2, 0.25) is 0 Å². The van der Waals surface area contributed by atoms with Crippen LogP contribution in [0.25, 0.3) is 0 Å². The van der Waals surface area contributed by atoms with Gasteiger partial charge in [0.1, 0.15) is 0 Å². The van der Waals surface area contributed by atoms with Gasteiger partial charge in [-0.25, -0.2) is 0 Å². The van der Waals surface area contributed by atoms with Crippen LogP contribution in [0.3, 0.4) is 0 Å². The fourth-order valence-corrected chi connectivity index (χ4v) is 3.70. The molecular weight excluding hydrogens is 254 g/mol. The molecule has 0 saturated carbocycles. The molecule has 1 unspecified atom stereocenters. The van der Waals surface area contributed by atoms with Crippen LogP contribution in [0, 0.1) is 0 Å². The first-order valence-electron chi connectivity index (χ1n) is 6.70. The average Bonchev–Trinajstić information content (AvgIpc) is 2.88. The maximum absolute atomic E-state index is 4.25. The number of rotatable bonds is 3. The molecule has 0 aromatic carbocycles. The smallest absolute Gasteiger partial charge is 0.0769 e. The molecule has 1 N–H and O–H groups in total. The first kappa shape index (κ1) is 12.5. The first-order chi connectivity index (χ1) is 9.25. The highest BCUT2D eigenvalue weighted by Crippen LogP contribution is 2.37. The van der Waals surface area contributed by atoms with Crippen molar-refractivity contribution < 1.29 is 0 Å². The van der Waals surface area contributed by atoms with Crippen molar-refractivity contribution in [3.8, 4) is 0 Å². The number of anilines is 2. The second kappa shape index (κ2) is 5.21. The Labute approximate surface area is 118 Å². The monoisotopic (exact) mass is 273 g/mol. The third kappa shape index (κ3) is 2.45. The van der Waals surface area contributed by atoms with E-state index in [1.807, 2.05) is 23.7 Å². The maximum atomic E-state index is 4.25. The van der Waals surface area contributed by atoms with E-state index in [1.54, 1.807) is 4.88 Å². The molecule has 2 aromatic heterocycles. The van der Waals surface area contributed by atoms with Crippen molar-refractivity contribution in [2.24, 2.45) is 0 Å². The third-order valence-corrected chi connectivity index (χ3v) is 4.66. The molecule has 2 heterocycles. The number of hydrogen-bond acceptors (Lipinski definition) is 4. The molecule has 1 aliphatic rings. The minimum atomic E-state index is 0.429. The quantitative estimate of drug-likeness (QED) is 0.924. The Kier molecular flexibility index (Phi) is 3.42. The molecule has 0 aliphatic heterocycles. The summed E-state index contributed by atoms with van der Waals surface area (Å²) in [6.07, 6.45) is 7.47. The van der Waals surface area contributed by atoms with Crippen LogP contribution in [0.1, 0.15) is 29.3 Å². The molecule has 1 aliphatic carbocycles. The highest BCUT2D eigenvalue weighted by molar-refractivity contribution is 7.10. The van der Waals surface area contributed by atoms with Crippen LogP contribution in [0.2, 0.25) is 0 Å². The second-order valence-corrected chi connectivity index (χ2v) is 6.18. The largest absolute Gasteiger partial charge is 0.376 e. The van der Waals surface area contributed by atoms with Crippen LogP contribution in [0.15, 0.2) is 29.9 Å². The molecule has 4 heteroatoms. The molecule has 0 spiro atoms. The maximum Gasteiger partial charge on any atom is 0.0769 e. The van der Waals surface area contributed by atoms with Gasteiger partial charge in [0.05, 0.1) is 23.6 Å². The molecule has 0 saturated heterocycles. The number of thiophene rings is 1. The van der Waals surface area contributed by atoms with E-state index < -0.39 is 0 Å². The molecule has 19 heavy (non-hydrogen) atoms. The van der Waals surface area contributed by atoms with Crippen LogP contribution in [0.4, 0.5) is 11.4 Å². The molecule has 0 radical (unpaired) electrons. The Morgan fingerprint density at radius 2 is 2.26 bits per heavy atom. The molecule has 2 aromatic rings. The van der Waals surface area contributed by atoms with Crippen molar-refractivity contribution in [1.82, 2.24) is 4.98 Å². The molecular formula is C15H19N3S. The number of nitrogens with one attached hydrogen (secondary N) is 1. The van der Waals surface area contributed by atoms with E-state index in [1.165, 1.54) is 30.5 Å². The van der Waals surface area contributed by atoms with Crippen molar-refractivity contribution >= 4 is 22.7 Å². The van der Waals surface area contributed by atoms with Gasteiger partial charge >= 0.3 is 0 Å². The average molecular weight is 273 g/mol. The first-order valence-corrected chi connectivity index (χ1v) is 7.58. The Morgan fingerprint density at radius 3 is 3.11 bits per heavy atom. The van der Waals surface area contributed by atoms with E-state index in [9.17, 15) is 0 Å². The van der Waals surface area contributed by atoms with Crippen molar-refractivity contribution in [3.05, 3.63) is 40.3 Å². The normalized spacial score (nSPS) is 17.9. The van der Waals surface area contributed by atoms with Crippen LogP contribution < -0.4 is 10.2 Å². The highest BCUT2D eigenvalue weighted by Gasteiger charge is 2.21. The lowest BCUT2D eigenvalue weighted by atomic mass is 9.94. The molecule has 100 valence electrons. The van der Waals surface area contributed by atoms with E-state index in [2.05, 4.69) is 46.8 Å². The van der Waals surface area contributed by atoms with Crippen molar-refractivity contribution in [2.45, 2.75) is 25.3 Å². The predicted octanol–water partition coefficient (Wildman–Crippen LogP) is 3.70. The second-order valence-electron chi connectivity index (χ2n) is 5.18. The summed E-state index contributed by atoms with van der Waals surface area (Å²) in [5, 5.41) is 5.88. The fourth-order valence-electron chi connectivity index (χ4n) is 2.71. The SMILES string of the molecule is CN(C)c1ccncc1NC1CCCc2sccc21. The summed E-state index contributed by atoms with van der Waals surface area (Å²) in [5.41, 5.74) is 3.79. The topological polar surface area (TPSA) is 28.2 Å². The minimum Gasteiger partial charge on any atom is -0.376 e. The molecule has 3 rings (SSSR count). The molecule has 0 fully saturated rings. The number of aromatic nitrogens is 1. The van der Waals surface area contributed by atoms with Crippen LogP contribution >= 0.6 is 11.3 Å². The zero-order valence-corrected chi connectivity index (χ0v) is 12.2. The Hall–Kier alpha value is -1.55. The number of nitrogens with zero attached hydrogens (tertiary/aromatic N) is 2. The van der Waals surface area contributed by atoms with Crippen LogP contribution in [-0.4, -0.2) is 19.1 Å². The summed E-state index contributed by atoms with van der Waals surface area (Å²) in [6.45, 7) is 0. The van der Waals surface area contributed by atoms with Gasteiger partial charge in [0, 0.05) is 25.2 Å². The third-order valence-electron chi connectivity index (χ3n) is 3.66. The minimum absolute atomic E-state index is 0.429. The van der Waals surface area contributed by atoms with Gasteiger partial charge in [-0.15, -0.1) is 11.3 Å². The zero-order valence-electron chi connectivity index (χ0n) is 11.4. The standard InChI is InChI=1S/C15H19N3S/c1-18(2)14-6-8-16-10-13(14)17-12-4-3-5-15-11(12)7-9-19-15/h6-10,12,17H,3-5H2,1-2H3. The van der Waals surface area contributed by atoms with Gasteiger partial charge in [0.15, 0.2) is 0 Å². The zero-order chi connectivity index (χ0) is 13.2. The number of aryl methyl sites for hydroxylation is 1. The summed E-state index contributed by atoms with van der Waals surface area (Å²) in [6, 6.07) is 4.75. The van der Waals surface area contributed by atoms with E-state index in [4.69, 9.17) is 0 Å². The van der Waals surface area contributed by atoms with Gasteiger partial charge in [-0.3, -0.25) is 4.98 Å². The van der Waals surface area contributed by atoms with E-state index in [0.717, 1.165) is 5.69 Å². The highest BCUT2D eigenvalue weighted by atomic mass is 32.1. The Morgan fingerprint density at radius 1 is 1.37 bits per heavy atom. The molecule has 0 amide bonds. The Bertz CT molecular complexity index is 562. The number of hydrogen-bond donors (Lipinski definition) is 1. The van der Waals surface area contributed by atoms with Crippen molar-refractivity contribution in [2.75, 3.05) is 24.3 Å². The van der Waals surface area contributed by atoms with Gasteiger partial charge < -0.3 is 10.2 Å². The van der Waals surface area contributed by atoms with Gasteiger partial charge in [-0.1, -0.05) is 0 Å². The molecule has 0 bridgehead atoms. The van der Waals surface area contributed by atoms with Gasteiger partial charge in [-0.05, 0) is 42.3 Å². The fraction of sp³-hybridized carbons (Fsp3) is 0.400. The van der Waals surface area contributed by atoms with Crippen LogP contribution in [-0.2, 0) is 6.42 Å². The summed E-state index contributed by atoms with van der Waals surface area (Å²) in [4.78, 5) is 7.92. The van der Waals surface area contributed by atoms with E-state index in [-0.39, 0.29) is 0 Å². The summed E-state index contributed by atoms with van der Waals surface area (Å²) in [5.74, 6) is 0. The Balaban J connectivity index is 1.88. The molecule has 3 nitrogen and oxygen atoms in total. The molecule has 1 atom stereocenters. The van der Waals surface area contributed by atoms with Gasteiger partial charge in [-0.2, -0.15) is 0 Å². The predicted molar refractivity (Wildman–Crippen MR) is 82.2 cm³/mol. The number of fused-ring (bicyclic) bond motifs is 1. The lowest BCUT2D eigenvalue weighted by molar-refractivity contribution is 0.608. The summed E-state index contributed by atoms with van der Waals surface area (Å²) < 4.78 is 0. The number of pyridine rings is 1. The lowest BCUT2D eigenvalue weighted by Gasteiger charge is -2.27. The van der Waals surface area contributed by atoms with E-state index in [0.29, 0.717) is 6.04 Å². The van der Waals surface area contributed by atoms with Crippen molar-refractivity contribution in [3.63, 3.8) is 0 Å². The summed E-state index contributed by atoms with van der Waals surface area (Å²) >= 11 is 1.88. The summed E-state index contributed by atoms with van der Waals surface area (Å²) in [7, 11) is 4.13.